The number of hydrogen-bond acceptors (Lipinski definition) is 2. The fourth-order valence-corrected chi connectivity index (χ4v) is 2.18. The predicted octanol–water partition coefficient (Wildman–Crippen LogP) is 3.22. The largest absolute Gasteiger partial charge is 0.308 e. The van der Waals surface area contributed by atoms with Gasteiger partial charge in [0, 0.05) is 18.8 Å². The van der Waals surface area contributed by atoms with Gasteiger partial charge in [0.15, 0.2) is 0 Å². The van der Waals surface area contributed by atoms with Gasteiger partial charge in [-0.2, -0.15) is 0 Å². The molecule has 1 N–H and O–H groups in total. The van der Waals surface area contributed by atoms with Crippen molar-refractivity contribution in [3.05, 3.63) is 28.5 Å². The summed E-state index contributed by atoms with van der Waals surface area (Å²) in [5, 5.41) is 4.14. The van der Waals surface area contributed by atoms with Gasteiger partial charge in [0.2, 0.25) is 0 Å². The molecule has 96 valence electrons. The smallest absolute Gasteiger partial charge is 0.129 e. The topological polar surface area (TPSA) is 24.9 Å². The average Bonchev–Trinajstić information content (AvgIpc) is 3.07. The van der Waals surface area contributed by atoms with Crippen LogP contribution in [0.2, 0.25) is 24.7 Å². The first-order valence-electron chi connectivity index (χ1n) is 6.35. The summed E-state index contributed by atoms with van der Waals surface area (Å²) in [6, 6.07) is 2.61. The molecule has 1 aliphatic carbocycles. The molecule has 1 aromatic rings. The van der Waals surface area contributed by atoms with Crippen LogP contribution in [0.5, 0.6) is 0 Å². The Morgan fingerprint density at radius 1 is 1.44 bits per heavy atom. The number of hydrogen-bond donors (Lipinski definition) is 1. The van der Waals surface area contributed by atoms with Crippen LogP contribution in [-0.2, 0) is 6.54 Å². The van der Waals surface area contributed by atoms with Gasteiger partial charge in [-0.05, 0) is 18.9 Å². The fourth-order valence-electron chi connectivity index (χ4n) is 1.45. The van der Waals surface area contributed by atoms with E-state index < -0.39 is 8.07 Å². The summed E-state index contributed by atoms with van der Waals surface area (Å²) in [7, 11) is -1.36. The van der Waals surface area contributed by atoms with Crippen LogP contribution in [0.4, 0.5) is 0 Å². The van der Waals surface area contributed by atoms with E-state index in [1.807, 2.05) is 6.07 Å². The minimum atomic E-state index is -1.36. The minimum absolute atomic E-state index is 0.692. The third kappa shape index (κ3) is 4.45. The zero-order valence-electron chi connectivity index (χ0n) is 11.2. The Hall–Kier alpha value is -0.823. The number of aromatic nitrogens is 1. The number of halogens is 1. The lowest BCUT2D eigenvalue weighted by atomic mass is 10.2. The molecule has 18 heavy (non-hydrogen) atoms. The summed E-state index contributed by atoms with van der Waals surface area (Å²) in [6.45, 7) is 7.45. The molecule has 0 aromatic carbocycles. The molecular weight excluding hydrogens is 260 g/mol. The summed E-state index contributed by atoms with van der Waals surface area (Å²) in [5.41, 5.74) is 5.14. The van der Waals surface area contributed by atoms with Crippen LogP contribution >= 0.6 is 11.6 Å². The van der Waals surface area contributed by atoms with Crippen LogP contribution in [0, 0.1) is 11.5 Å². The van der Waals surface area contributed by atoms with Crippen molar-refractivity contribution in [2.24, 2.45) is 0 Å². The summed E-state index contributed by atoms with van der Waals surface area (Å²) in [5.74, 6) is 3.15. The van der Waals surface area contributed by atoms with Gasteiger partial charge < -0.3 is 5.32 Å². The standard InChI is InChI=1S/C14H19ClN2Si/c1-18(2,3)7-6-11-9-16-13(8-14(11)15)10-17-12-4-5-12/h8-9,12,17H,4-5,10H2,1-3H3. The van der Waals surface area contributed by atoms with E-state index in [1.54, 1.807) is 6.20 Å². The molecule has 1 saturated carbocycles. The van der Waals surface area contributed by atoms with Gasteiger partial charge in [0.1, 0.15) is 8.07 Å². The highest BCUT2D eigenvalue weighted by Crippen LogP contribution is 2.20. The Bertz CT molecular complexity index is 493. The van der Waals surface area contributed by atoms with Crippen molar-refractivity contribution in [3.63, 3.8) is 0 Å². The lowest BCUT2D eigenvalue weighted by molar-refractivity contribution is 0.674. The van der Waals surface area contributed by atoms with Crippen molar-refractivity contribution in [1.82, 2.24) is 10.3 Å². The summed E-state index contributed by atoms with van der Waals surface area (Å²) in [6.07, 6.45) is 4.36. The molecular formula is C14H19ClN2Si. The normalized spacial score (nSPS) is 15.1. The molecule has 0 amide bonds. The molecule has 0 saturated heterocycles. The van der Waals surface area contributed by atoms with Gasteiger partial charge in [0.05, 0.1) is 16.3 Å². The molecule has 1 aliphatic rings. The van der Waals surface area contributed by atoms with E-state index in [9.17, 15) is 0 Å². The SMILES string of the molecule is C[Si](C)(C)C#Cc1cnc(CNC2CC2)cc1Cl. The van der Waals surface area contributed by atoms with Crippen LogP contribution < -0.4 is 5.32 Å². The summed E-state index contributed by atoms with van der Waals surface area (Å²) < 4.78 is 0. The first kappa shape index (κ1) is 13.6. The van der Waals surface area contributed by atoms with E-state index in [0.717, 1.165) is 17.8 Å². The van der Waals surface area contributed by atoms with Gasteiger partial charge in [0.25, 0.3) is 0 Å². The molecule has 0 radical (unpaired) electrons. The summed E-state index contributed by atoms with van der Waals surface area (Å²) >= 11 is 6.23. The van der Waals surface area contributed by atoms with Crippen LogP contribution in [0.15, 0.2) is 12.3 Å². The van der Waals surface area contributed by atoms with Crippen LogP contribution in [0.25, 0.3) is 0 Å². The quantitative estimate of drug-likeness (QED) is 0.678. The highest BCUT2D eigenvalue weighted by molar-refractivity contribution is 6.83. The second kappa shape index (κ2) is 5.44. The average molecular weight is 279 g/mol. The van der Waals surface area contributed by atoms with E-state index >= 15 is 0 Å². The summed E-state index contributed by atoms with van der Waals surface area (Å²) in [4.78, 5) is 4.41. The molecule has 0 unspecified atom stereocenters. The maximum atomic E-state index is 6.23. The van der Waals surface area contributed by atoms with Gasteiger partial charge in [-0.25, -0.2) is 0 Å². The molecule has 0 atom stereocenters. The van der Waals surface area contributed by atoms with E-state index in [2.05, 4.69) is 41.4 Å². The maximum Gasteiger partial charge on any atom is 0.129 e. The predicted molar refractivity (Wildman–Crippen MR) is 79.3 cm³/mol. The highest BCUT2D eigenvalue weighted by atomic mass is 35.5. The molecule has 1 fully saturated rings. The third-order valence-electron chi connectivity index (χ3n) is 2.63. The van der Waals surface area contributed by atoms with Crippen molar-refractivity contribution >= 4 is 19.7 Å². The van der Waals surface area contributed by atoms with Crippen molar-refractivity contribution < 1.29 is 0 Å². The first-order chi connectivity index (χ1) is 8.44. The van der Waals surface area contributed by atoms with Gasteiger partial charge in [-0.1, -0.05) is 37.2 Å². The minimum Gasteiger partial charge on any atom is -0.308 e. The Balaban J connectivity index is 2.05. The molecule has 2 rings (SSSR count). The second-order valence-corrected chi connectivity index (χ2v) is 11.0. The van der Waals surface area contributed by atoms with Crippen molar-refractivity contribution in [1.29, 1.82) is 0 Å². The van der Waals surface area contributed by atoms with E-state index in [0.29, 0.717) is 11.1 Å². The Labute approximate surface area is 115 Å². The lowest BCUT2D eigenvalue weighted by Gasteiger charge is -2.05. The van der Waals surface area contributed by atoms with E-state index in [-0.39, 0.29) is 0 Å². The zero-order valence-corrected chi connectivity index (χ0v) is 12.9. The Morgan fingerprint density at radius 2 is 2.17 bits per heavy atom. The van der Waals surface area contributed by atoms with Gasteiger partial charge >= 0.3 is 0 Å². The Morgan fingerprint density at radius 3 is 2.72 bits per heavy atom. The highest BCUT2D eigenvalue weighted by Gasteiger charge is 2.20. The van der Waals surface area contributed by atoms with Crippen LogP contribution in [-0.4, -0.2) is 19.1 Å². The fraction of sp³-hybridized carbons (Fsp3) is 0.500. The number of pyridine rings is 1. The van der Waals surface area contributed by atoms with E-state index in [1.165, 1.54) is 12.8 Å². The molecule has 0 spiro atoms. The number of nitrogens with one attached hydrogen (secondary N) is 1. The Kier molecular flexibility index (Phi) is 4.11. The molecule has 2 nitrogen and oxygen atoms in total. The van der Waals surface area contributed by atoms with Gasteiger partial charge in [-0.3, -0.25) is 4.98 Å². The molecule has 4 heteroatoms. The molecule has 0 aliphatic heterocycles. The monoisotopic (exact) mass is 278 g/mol. The van der Waals surface area contributed by atoms with Crippen LogP contribution in [0.3, 0.4) is 0 Å². The molecule has 1 heterocycles. The van der Waals surface area contributed by atoms with Crippen molar-refractivity contribution in [2.45, 2.75) is 45.1 Å². The van der Waals surface area contributed by atoms with Crippen molar-refractivity contribution in [3.8, 4) is 11.5 Å². The zero-order chi connectivity index (χ0) is 13.2. The number of rotatable bonds is 3. The molecule has 1 aromatic heterocycles. The van der Waals surface area contributed by atoms with Crippen LogP contribution in [0.1, 0.15) is 24.1 Å². The first-order valence-corrected chi connectivity index (χ1v) is 10.2. The van der Waals surface area contributed by atoms with Crippen molar-refractivity contribution in [2.75, 3.05) is 0 Å². The van der Waals surface area contributed by atoms with Gasteiger partial charge in [-0.15, -0.1) is 5.54 Å². The van der Waals surface area contributed by atoms with E-state index in [4.69, 9.17) is 11.6 Å². The second-order valence-electron chi connectivity index (χ2n) is 5.81. The third-order valence-corrected chi connectivity index (χ3v) is 3.82. The lowest BCUT2D eigenvalue weighted by Crippen LogP contribution is -2.17. The number of nitrogens with zero attached hydrogens (tertiary/aromatic N) is 1. The maximum absolute atomic E-state index is 6.23. The molecule has 0 bridgehead atoms.